The van der Waals surface area contributed by atoms with Crippen LogP contribution >= 0.6 is 0 Å². The number of ether oxygens (including phenoxy) is 1. The van der Waals surface area contributed by atoms with Crippen molar-refractivity contribution in [3.8, 4) is 0 Å². The molecule has 146 valence electrons. The van der Waals surface area contributed by atoms with E-state index in [1.807, 2.05) is 20.8 Å². The van der Waals surface area contributed by atoms with Crippen molar-refractivity contribution < 1.29 is 18.8 Å². The summed E-state index contributed by atoms with van der Waals surface area (Å²) >= 11 is 0. The molecule has 1 aliphatic heterocycles. The second kappa shape index (κ2) is 8.21. The Labute approximate surface area is 154 Å². The summed E-state index contributed by atoms with van der Waals surface area (Å²) < 4.78 is 12.2. The fraction of sp³-hybridized carbons (Fsp3) is 0.895. The van der Waals surface area contributed by atoms with Crippen molar-refractivity contribution in [1.29, 1.82) is 0 Å². The van der Waals surface area contributed by atoms with Crippen LogP contribution in [0.25, 0.3) is 0 Å². The number of hydrogen-bond acceptors (Lipinski definition) is 4. The van der Waals surface area contributed by atoms with Gasteiger partial charge in [-0.15, -0.1) is 0 Å². The van der Waals surface area contributed by atoms with Crippen molar-refractivity contribution >= 4 is 20.7 Å². The van der Waals surface area contributed by atoms with Crippen LogP contribution in [-0.4, -0.2) is 49.9 Å². The standard InChI is InChI=1S/C19H37NO4Si/c1-13(2)25(14(3)4,15(5)6)24-17-10-16(12-21)20(11-17)18(22)23-19(7,8)9/h12-17H,10-11H2,1-9H3/t16-,17+/m0/s1. The molecule has 0 N–H and O–H groups in total. The van der Waals surface area contributed by atoms with Gasteiger partial charge in [0, 0.05) is 13.0 Å². The quantitative estimate of drug-likeness (QED) is 0.499. The molecule has 0 aromatic heterocycles. The Kier molecular flexibility index (Phi) is 7.27. The Balaban J connectivity index is 2.97. The van der Waals surface area contributed by atoms with Gasteiger partial charge in [0.05, 0.1) is 12.1 Å². The average Bonchev–Trinajstić information content (AvgIpc) is 2.84. The number of amides is 1. The number of likely N-dealkylation sites (tertiary alicyclic amines) is 1. The maximum atomic E-state index is 12.4. The molecule has 25 heavy (non-hydrogen) atoms. The first kappa shape index (κ1) is 22.2. The highest BCUT2D eigenvalue weighted by atomic mass is 28.4. The molecule has 0 aliphatic carbocycles. The third-order valence-corrected chi connectivity index (χ3v) is 11.3. The van der Waals surface area contributed by atoms with Crippen molar-refractivity contribution in [1.82, 2.24) is 4.90 Å². The molecule has 0 unspecified atom stereocenters. The lowest BCUT2D eigenvalue weighted by molar-refractivity contribution is -0.111. The molecule has 5 nitrogen and oxygen atoms in total. The van der Waals surface area contributed by atoms with Crippen LogP contribution in [0.3, 0.4) is 0 Å². The molecule has 0 aromatic rings. The summed E-state index contributed by atoms with van der Waals surface area (Å²) in [7, 11) is -2.04. The second-order valence-corrected chi connectivity index (χ2v) is 14.5. The fourth-order valence-electron chi connectivity index (χ4n) is 4.27. The van der Waals surface area contributed by atoms with Crippen LogP contribution in [0.2, 0.25) is 16.6 Å². The SMILES string of the molecule is CC(C)[Si](O[C@@H]1C[C@@H](C=O)N(C(=O)OC(C)(C)C)C1)(C(C)C)C(C)C. The Morgan fingerprint density at radius 2 is 1.56 bits per heavy atom. The summed E-state index contributed by atoms with van der Waals surface area (Å²) in [4.78, 5) is 25.5. The van der Waals surface area contributed by atoms with Gasteiger partial charge in [0.15, 0.2) is 0 Å². The lowest BCUT2D eigenvalue weighted by atomic mass is 10.2. The van der Waals surface area contributed by atoms with E-state index >= 15 is 0 Å². The lowest BCUT2D eigenvalue weighted by Crippen LogP contribution is -2.50. The van der Waals surface area contributed by atoms with Crippen LogP contribution in [0, 0.1) is 0 Å². The summed E-state index contributed by atoms with van der Waals surface area (Å²) in [5.41, 5.74) is 0.837. The summed E-state index contributed by atoms with van der Waals surface area (Å²) in [5, 5.41) is 0. The van der Waals surface area contributed by atoms with Gasteiger partial charge in [-0.25, -0.2) is 4.79 Å². The largest absolute Gasteiger partial charge is 0.444 e. The highest BCUT2D eigenvalue weighted by molar-refractivity contribution is 6.77. The van der Waals surface area contributed by atoms with Crippen LogP contribution < -0.4 is 0 Å². The van der Waals surface area contributed by atoms with Crippen LogP contribution in [0.4, 0.5) is 4.79 Å². The van der Waals surface area contributed by atoms with Gasteiger partial charge in [-0.1, -0.05) is 41.5 Å². The second-order valence-electron chi connectivity index (χ2n) is 9.13. The predicted molar refractivity (Wildman–Crippen MR) is 103 cm³/mol. The van der Waals surface area contributed by atoms with Gasteiger partial charge in [0.2, 0.25) is 8.32 Å². The predicted octanol–water partition coefficient (Wildman–Crippen LogP) is 4.76. The van der Waals surface area contributed by atoms with Crippen LogP contribution in [0.5, 0.6) is 0 Å². The highest BCUT2D eigenvalue weighted by Gasteiger charge is 2.49. The smallest absolute Gasteiger partial charge is 0.410 e. The molecule has 1 heterocycles. The van der Waals surface area contributed by atoms with Gasteiger partial charge >= 0.3 is 6.09 Å². The maximum absolute atomic E-state index is 12.4. The number of carbonyl (C=O) groups excluding carboxylic acids is 2. The van der Waals surface area contributed by atoms with E-state index in [2.05, 4.69) is 41.5 Å². The minimum Gasteiger partial charge on any atom is -0.444 e. The van der Waals surface area contributed by atoms with Crippen molar-refractivity contribution in [2.45, 2.75) is 103 Å². The maximum Gasteiger partial charge on any atom is 0.410 e. The van der Waals surface area contributed by atoms with Gasteiger partial charge in [0.25, 0.3) is 0 Å². The number of nitrogens with zero attached hydrogens (tertiary/aromatic N) is 1. The van der Waals surface area contributed by atoms with E-state index in [1.165, 1.54) is 4.90 Å². The van der Waals surface area contributed by atoms with Crippen LogP contribution in [0.1, 0.15) is 68.7 Å². The van der Waals surface area contributed by atoms with Crippen molar-refractivity contribution in [3.05, 3.63) is 0 Å². The summed E-state index contributed by atoms with van der Waals surface area (Å²) in [6.07, 6.45) is 0.878. The Morgan fingerprint density at radius 3 is 1.92 bits per heavy atom. The minimum atomic E-state index is -2.04. The first-order chi connectivity index (χ1) is 11.3. The number of rotatable bonds is 6. The first-order valence-electron chi connectivity index (χ1n) is 9.47. The molecule has 1 amide bonds. The molecule has 6 heteroatoms. The summed E-state index contributed by atoms with van der Waals surface area (Å²) in [6.45, 7) is 19.4. The van der Waals surface area contributed by atoms with Crippen molar-refractivity contribution in [2.24, 2.45) is 0 Å². The molecule has 2 atom stereocenters. The Bertz CT molecular complexity index is 449. The molecule has 1 rings (SSSR count). The minimum absolute atomic E-state index is 0.0958. The van der Waals surface area contributed by atoms with E-state index in [9.17, 15) is 9.59 Å². The van der Waals surface area contributed by atoms with E-state index in [0.717, 1.165) is 6.29 Å². The third-order valence-electron chi connectivity index (χ3n) is 5.17. The molecule has 0 radical (unpaired) electrons. The lowest BCUT2D eigenvalue weighted by Gasteiger charge is -2.44. The Morgan fingerprint density at radius 1 is 1.08 bits per heavy atom. The van der Waals surface area contributed by atoms with Crippen molar-refractivity contribution in [2.75, 3.05) is 6.54 Å². The van der Waals surface area contributed by atoms with Crippen molar-refractivity contribution in [3.63, 3.8) is 0 Å². The highest BCUT2D eigenvalue weighted by Crippen LogP contribution is 2.44. The van der Waals surface area contributed by atoms with Gasteiger partial charge in [0.1, 0.15) is 11.9 Å². The molecular formula is C19H37NO4Si. The average molecular weight is 372 g/mol. The third kappa shape index (κ3) is 5.06. The van der Waals surface area contributed by atoms with Crippen LogP contribution in [0.15, 0.2) is 0 Å². The van der Waals surface area contributed by atoms with E-state index < -0.39 is 26.1 Å². The zero-order valence-corrected chi connectivity index (χ0v) is 18.5. The van der Waals surface area contributed by atoms with Gasteiger partial charge in [-0.05, 0) is 37.4 Å². The molecule has 1 aliphatic rings. The van der Waals surface area contributed by atoms with E-state index in [-0.39, 0.29) is 6.10 Å². The number of carbonyl (C=O) groups is 2. The van der Waals surface area contributed by atoms with Gasteiger partial charge in [-0.3, -0.25) is 4.90 Å². The summed E-state index contributed by atoms with van der Waals surface area (Å²) in [6, 6.07) is -0.460. The van der Waals surface area contributed by atoms with E-state index in [1.54, 1.807) is 0 Å². The number of aldehydes is 1. The molecule has 1 saturated heterocycles. The monoisotopic (exact) mass is 371 g/mol. The first-order valence-corrected chi connectivity index (χ1v) is 11.6. The van der Waals surface area contributed by atoms with E-state index in [0.29, 0.717) is 29.6 Å². The number of hydrogen-bond donors (Lipinski definition) is 0. The fourth-order valence-corrected chi connectivity index (χ4v) is 9.83. The zero-order valence-electron chi connectivity index (χ0n) is 17.5. The molecule has 0 saturated carbocycles. The van der Waals surface area contributed by atoms with Crippen LogP contribution in [-0.2, 0) is 14.0 Å². The summed E-state index contributed by atoms with van der Waals surface area (Å²) in [5.74, 6) is 0. The molecular weight excluding hydrogens is 334 g/mol. The van der Waals surface area contributed by atoms with Gasteiger partial charge in [-0.2, -0.15) is 0 Å². The van der Waals surface area contributed by atoms with Gasteiger partial charge < -0.3 is 14.0 Å². The molecule has 0 bridgehead atoms. The Hall–Kier alpha value is -0.883. The zero-order chi connectivity index (χ0) is 19.6. The van der Waals surface area contributed by atoms with E-state index in [4.69, 9.17) is 9.16 Å². The molecule has 0 spiro atoms. The molecule has 1 fully saturated rings. The normalized spacial score (nSPS) is 22.2. The topological polar surface area (TPSA) is 55.8 Å². The molecule has 0 aromatic carbocycles.